The topological polar surface area (TPSA) is 95.5 Å². The molecular weight excluding hydrogens is 344 g/mol. The zero-order valence-electron chi connectivity index (χ0n) is 13.2. The lowest BCUT2D eigenvalue weighted by Crippen LogP contribution is -2.57. The summed E-state index contributed by atoms with van der Waals surface area (Å²) in [4.78, 5) is 36.9. The second-order valence-corrected chi connectivity index (χ2v) is 6.41. The van der Waals surface area contributed by atoms with Crippen molar-refractivity contribution in [1.29, 1.82) is 0 Å². The lowest BCUT2D eigenvalue weighted by atomic mass is 9.81. The number of fused-ring (bicyclic) bond motifs is 1. The van der Waals surface area contributed by atoms with Crippen LogP contribution in [-0.2, 0) is 9.59 Å². The van der Waals surface area contributed by atoms with Crippen molar-refractivity contribution in [3.05, 3.63) is 64.7 Å². The second-order valence-electron chi connectivity index (χ2n) is 5.98. The number of hydrogen-bond acceptors (Lipinski definition) is 3. The first kappa shape index (κ1) is 17.0. The van der Waals surface area contributed by atoms with Crippen LogP contribution >= 0.6 is 11.6 Å². The van der Waals surface area contributed by atoms with Crippen LogP contribution in [0.15, 0.2) is 48.5 Å². The maximum Gasteiger partial charge on any atom is 0.330 e. The van der Waals surface area contributed by atoms with Crippen molar-refractivity contribution in [2.24, 2.45) is 0 Å². The largest absolute Gasteiger partial charge is 0.479 e. The maximum absolute atomic E-state index is 12.5. The highest BCUT2D eigenvalue weighted by molar-refractivity contribution is 6.30. The van der Waals surface area contributed by atoms with E-state index in [4.69, 9.17) is 11.6 Å². The van der Waals surface area contributed by atoms with Gasteiger partial charge in [0.15, 0.2) is 5.54 Å². The Labute approximate surface area is 148 Å². The lowest BCUT2D eigenvalue weighted by molar-refractivity contribution is -0.146. The highest BCUT2D eigenvalue weighted by atomic mass is 35.5. The summed E-state index contributed by atoms with van der Waals surface area (Å²) in [5, 5.41) is 15.4. The van der Waals surface area contributed by atoms with E-state index in [0.717, 1.165) is 0 Å². The van der Waals surface area contributed by atoms with E-state index in [1.165, 1.54) is 31.2 Å². The molecule has 1 aliphatic rings. The minimum atomic E-state index is -1.81. The van der Waals surface area contributed by atoms with Crippen molar-refractivity contribution in [3.63, 3.8) is 0 Å². The molecule has 6 nitrogen and oxygen atoms in total. The number of para-hydroxylation sites is 1. The van der Waals surface area contributed by atoms with Gasteiger partial charge >= 0.3 is 5.97 Å². The third kappa shape index (κ3) is 2.96. The molecule has 0 aromatic heterocycles. The van der Waals surface area contributed by atoms with Crippen LogP contribution in [0.25, 0.3) is 0 Å². The zero-order chi connectivity index (χ0) is 18.2. The van der Waals surface area contributed by atoms with Crippen LogP contribution in [0.5, 0.6) is 0 Å². The third-order valence-corrected chi connectivity index (χ3v) is 4.55. The Morgan fingerprint density at radius 3 is 2.44 bits per heavy atom. The van der Waals surface area contributed by atoms with Crippen molar-refractivity contribution in [3.8, 4) is 0 Å². The van der Waals surface area contributed by atoms with Crippen LogP contribution in [0.3, 0.4) is 0 Å². The van der Waals surface area contributed by atoms with Crippen molar-refractivity contribution in [2.75, 3.05) is 5.32 Å². The molecule has 0 aliphatic carbocycles. The highest BCUT2D eigenvalue weighted by Gasteiger charge is 2.51. The summed E-state index contributed by atoms with van der Waals surface area (Å²) < 4.78 is 0. The minimum Gasteiger partial charge on any atom is -0.479 e. The summed E-state index contributed by atoms with van der Waals surface area (Å²) in [6, 6.07) is 12.9. The Balaban J connectivity index is 1.97. The van der Waals surface area contributed by atoms with Crippen molar-refractivity contribution < 1.29 is 19.5 Å². The fourth-order valence-corrected chi connectivity index (χ4v) is 3.07. The van der Waals surface area contributed by atoms with Crippen molar-refractivity contribution in [1.82, 2.24) is 5.32 Å². The standard InChI is InChI=1S/C18H15ClN2O4/c1-18(17(24)25,21-15(22)10-6-8-11(19)9-7-10)14-12-4-2-3-5-13(12)20-16(14)23/h2-9,14H,1H3,(H,20,23)(H,21,22)(H,24,25). The van der Waals surface area contributed by atoms with E-state index in [1.54, 1.807) is 24.3 Å². The number of halogens is 1. The van der Waals surface area contributed by atoms with Gasteiger partial charge in [0.05, 0.1) is 5.92 Å². The van der Waals surface area contributed by atoms with E-state index in [0.29, 0.717) is 16.3 Å². The Kier molecular flexibility index (Phi) is 4.22. The molecule has 0 bridgehead atoms. The first-order valence-corrected chi connectivity index (χ1v) is 7.92. The number of aliphatic carboxylic acids is 1. The summed E-state index contributed by atoms with van der Waals surface area (Å²) in [5.74, 6) is -3.41. The lowest BCUT2D eigenvalue weighted by Gasteiger charge is -2.31. The Morgan fingerprint density at radius 1 is 1.16 bits per heavy atom. The number of benzene rings is 2. The fourth-order valence-electron chi connectivity index (χ4n) is 2.94. The SMILES string of the molecule is CC(NC(=O)c1ccc(Cl)cc1)(C(=O)O)C1C(=O)Nc2ccccc21. The third-order valence-electron chi connectivity index (χ3n) is 4.29. The molecule has 0 saturated carbocycles. The van der Waals surface area contributed by atoms with Gasteiger partial charge in [-0.3, -0.25) is 9.59 Å². The molecule has 25 heavy (non-hydrogen) atoms. The Hall–Kier alpha value is -2.86. The number of carbonyl (C=O) groups excluding carboxylic acids is 2. The van der Waals surface area contributed by atoms with Crippen LogP contribution in [0.4, 0.5) is 5.69 Å². The van der Waals surface area contributed by atoms with E-state index >= 15 is 0 Å². The predicted molar refractivity (Wildman–Crippen MR) is 92.8 cm³/mol. The van der Waals surface area contributed by atoms with Gasteiger partial charge in [-0.05, 0) is 42.8 Å². The van der Waals surface area contributed by atoms with Crippen molar-refractivity contribution in [2.45, 2.75) is 18.4 Å². The average Bonchev–Trinajstić information content (AvgIpc) is 2.91. The van der Waals surface area contributed by atoms with Crippen LogP contribution in [0.2, 0.25) is 5.02 Å². The van der Waals surface area contributed by atoms with Gasteiger partial charge in [-0.15, -0.1) is 0 Å². The van der Waals surface area contributed by atoms with Gasteiger partial charge in [0.25, 0.3) is 5.91 Å². The molecule has 2 atom stereocenters. The molecule has 0 fully saturated rings. The first-order chi connectivity index (χ1) is 11.8. The number of hydrogen-bond donors (Lipinski definition) is 3. The van der Waals surface area contributed by atoms with Crippen LogP contribution in [-0.4, -0.2) is 28.4 Å². The Morgan fingerprint density at radius 2 is 1.80 bits per heavy atom. The molecule has 1 aliphatic heterocycles. The molecule has 2 unspecified atom stereocenters. The smallest absolute Gasteiger partial charge is 0.330 e. The number of anilines is 1. The molecule has 2 aromatic carbocycles. The van der Waals surface area contributed by atoms with Crippen LogP contribution in [0, 0.1) is 0 Å². The van der Waals surface area contributed by atoms with Gasteiger partial charge in [-0.2, -0.15) is 0 Å². The second kappa shape index (κ2) is 6.22. The van der Waals surface area contributed by atoms with Gasteiger partial charge in [-0.25, -0.2) is 4.79 Å². The summed E-state index contributed by atoms with van der Waals surface area (Å²) in [6.07, 6.45) is 0. The van der Waals surface area contributed by atoms with Gasteiger partial charge in [0.1, 0.15) is 0 Å². The normalized spacial score (nSPS) is 18.0. The molecule has 3 rings (SSSR count). The number of carboxylic acids is 1. The van der Waals surface area contributed by atoms with Gasteiger partial charge in [0.2, 0.25) is 5.91 Å². The van der Waals surface area contributed by atoms with E-state index in [1.807, 2.05) is 0 Å². The monoisotopic (exact) mass is 358 g/mol. The van der Waals surface area contributed by atoms with E-state index in [9.17, 15) is 19.5 Å². The van der Waals surface area contributed by atoms with Crippen LogP contribution < -0.4 is 10.6 Å². The Bertz CT molecular complexity index is 866. The van der Waals surface area contributed by atoms with Crippen molar-refractivity contribution >= 4 is 35.1 Å². The van der Waals surface area contributed by atoms with Gasteiger partial charge in [0, 0.05) is 16.3 Å². The molecule has 2 amide bonds. The molecule has 0 spiro atoms. The summed E-state index contributed by atoms with van der Waals surface area (Å²) in [6.45, 7) is 1.33. The predicted octanol–water partition coefficient (Wildman–Crippen LogP) is 2.65. The quantitative estimate of drug-likeness (QED) is 0.783. The zero-order valence-corrected chi connectivity index (χ0v) is 14.0. The number of nitrogens with one attached hydrogen (secondary N) is 2. The molecule has 7 heteroatoms. The molecule has 0 saturated heterocycles. The first-order valence-electron chi connectivity index (χ1n) is 7.54. The van der Waals surface area contributed by atoms with E-state index < -0.39 is 29.2 Å². The molecule has 2 aromatic rings. The van der Waals surface area contributed by atoms with E-state index in [-0.39, 0.29) is 5.56 Å². The molecule has 3 N–H and O–H groups in total. The van der Waals surface area contributed by atoms with Crippen LogP contribution in [0.1, 0.15) is 28.8 Å². The maximum atomic E-state index is 12.5. The number of carbonyl (C=O) groups is 3. The van der Waals surface area contributed by atoms with E-state index in [2.05, 4.69) is 10.6 Å². The number of rotatable bonds is 4. The molecule has 128 valence electrons. The number of amides is 2. The molecule has 0 radical (unpaired) electrons. The van der Waals surface area contributed by atoms with Gasteiger partial charge in [-0.1, -0.05) is 29.8 Å². The number of carboxylic acid groups (broad SMARTS) is 1. The summed E-state index contributed by atoms with van der Waals surface area (Å²) >= 11 is 5.80. The highest BCUT2D eigenvalue weighted by Crippen LogP contribution is 2.39. The molecular formula is C18H15ClN2O4. The summed E-state index contributed by atoms with van der Waals surface area (Å²) in [7, 11) is 0. The van der Waals surface area contributed by atoms with Gasteiger partial charge < -0.3 is 15.7 Å². The molecule has 1 heterocycles. The summed E-state index contributed by atoms with van der Waals surface area (Å²) in [5.41, 5.74) is -0.476. The average molecular weight is 359 g/mol. The fraction of sp³-hybridized carbons (Fsp3) is 0.167. The minimum absolute atomic E-state index is 0.253.